The molecule has 4 aromatic heterocycles. The van der Waals surface area contributed by atoms with Crippen LogP contribution in [0.4, 0.5) is 10.2 Å². The number of rotatable bonds is 4. The number of imidazole rings is 1. The van der Waals surface area contributed by atoms with Crippen LogP contribution in [-0.4, -0.2) is 42.2 Å². The molecule has 0 amide bonds. The Balaban J connectivity index is 1.64. The second-order valence-electron chi connectivity index (χ2n) is 7.53. The lowest BCUT2D eigenvalue weighted by atomic mass is 10.00. The third-order valence-electron chi connectivity index (χ3n) is 5.15. The molecule has 0 saturated heterocycles. The minimum Gasteiger partial charge on any atom is -0.473 e. The first-order valence-electron chi connectivity index (χ1n) is 9.91. The van der Waals surface area contributed by atoms with Crippen LogP contribution >= 0.6 is 0 Å². The Bertz CT molecular complexity index is 1300. The van der Waals surface area contributed by atoms with E-state index in [1.165, 1.54) is 10.6 Å². The lowest BCUT2D eigenvalue weighted by molar-refractivity contribution is 0.230. The summed E-state index contributed by atoms with van der Waals surface area (Å²) in [6, 6.07) is 6.35. The third kappa shape index (κ3) is 3.24. The van der Waals surface area contributed by atoms with Crippen LogP contribution in [0.2, 0.25) is 0 Å². The largest absolute Gasteiger partial charge is 0.473 e. The number of fused-ring (bicyclic) bond motifs is 2. The zero-order valence-corrected chi connectivity index (χ0v) is 16.9. The average Bonchev–Trinajstić information content (AvgIpc) is 3.40. The molecule has 1 N–H and O–H groups in total. The molecule has 0 bridgehead atoms. The van der Waals surface area contributed by atoms with E-state index in [2.05, 4.69) is 25.0 Å². The predicted octanol–water partition coefficient (Wildman–Crippen LogP) is 2.80. The van der Waals surface area contributed by atoms with Gasteiger partial charge in [-0.2, -0.15) is 15.3 Å². The first-order chi connectivity index (χ1) is 15.0. The van der Waals surface area contributed by atoms with Gasteiger partial charge in [0.25, 0.3) is 5.88 Å². The summed E-state index contributed by atoms with van der Waals surface area (Å²) >= 11 is 0. The molecule has 0 fully saturated rings. The van der Waals surface area contributed by atoms with Crippen molar-refractivity contribution in [3.8, 4) is 11.9 Å². The van der Waals surface area contributed by atoms with E-state index in [0.717, 1.165) is 17.8 Å². The van der Waals surface area contributed by atoms with Gasteiger partial charge in [-0.1, -0.05) is 0 Å². The normalized spacial score (nSPS) is 15.8. The van der Waals surface area contributed by atoms with Gasteiger partial charge in [0.05, 0.1) is 30.0 Å². The van der Waals surface area contributed by atoms with Gasteiger partial charge in [-0.25, -0.2) is 18.9 Å². The molecule has 1 aliphatic rings. The van der Waals surface area contributed by atoms with Gasteiger partial charge in [0.2, 0.25) is 5.69 Å². The topological polar surface area (TPSA) is 108 Å². The summed E-state index contributed by atoms with van der Waals surface area (Å²) in [5, 5.41) is 14.0. The number of halogens is 1. The van der Waals surface area contributed by atoms with Gasteiger partial charge in [-0.05, 0) is 32.0 Å². The summed E-state index contributed by atoms with van der Waals surface area (Å²) in [6.07, 6.45) is 5.46. The minimum atomic E-state index is -0.400. The number of aromatic nitrogens is 6. The Morgan fingerprint density at radius 3 is 3.00 bits per heavy atom. The summed E-state index contributed by atoms with van der Waals surface area (Å²) in [5.74, 6) is 0.366. The summed E-state index contributed by atoms with van der Waals surface area (Å²) in [7, 11) is 0. The zero-order chi connectivity index (χ0) is 21.5. The van der Waals surface area contributed by atoms with Gasteiger partial charge in [0, 0.05) is 24.9 Å². The Kier molecular flexibility index (Phi) is 4.51. The Hall–Kier alpha value is -4.00. The number of nitrogens with one attached hydrogen (secondary N) is 1. The van der Waals surface area contributed by atoms with Crippen molar-refractivity contribution in [2.45, 2.75) is 32.4 Å². The molecule has 5 heterocycles. The summed E-state index contributed by atoms with van der Waals surface area (Å²) in [6.45, 7) is 4.33. The first kappa shape index (κ1) is 19.0. The van der Waals surface area contributed by atoms with Gasteiger partial charge < -0.3 is 14.6 Å². The van der Waals surface area contributed by atoms with Crippen molar-refractivity contribution < 1.29 is 9.13 Å². The number of aromatic amines is 1. The molecular weight excluding hydrogens is 399 g/mol. The smallest absolute Gasteiger partial charge is 0.253 e. The van der Waals surface area contributed by atoms with Crippen LogP contribution in [0.15, 0.2) is 36.9 Å². The quantitative estimate of drug-likeness (QED) is 0.543. The molecule has 0 radical (unpaired) electrons. The monoisotopic (exact) mass is 418 g/mol. The van der Waals surface area contributed by atoms with Gasteiger partial charge in [0.1, 0.15) is 23.4 Å². The zero-order valence-electron chi connectivity index (χ0n) is 16.9. The van der Waals surface area contributed by atoms with Crippen LogP contribution in [0.1, 0.15) is 42.7 Å². The Labute approximate surface area is 177 Å². The van der Waals surface area contributed by atoms with E-state index in [9.17, 15) is 9.65 Å². The number of pyridine rings is 1. The van der Waals surface area contributed by atoms with Crippen molar-refractivity contribution >= 4 is 11.3 Å². The van der Waals surface area contributed by atoms with Gasteiger partial charge in [-0.15, -0.1) is 0 Å². The number of anilines is 1. The molecule has 10 heteroatoms. The first-order valence-corrected chi connectivity index (χ1v) is 9.91. The highest BCUT2D eigenvalue weighted by molar-refractivity contribution is 5.55. The molecule has 31 heavy (non-hydrogen) atoms. The number of nitriles is 1. The maximum Gasteiger partial charge on any atom is 0.253 e. The molecule has 0 aromatic carbocycles. The molecular formula is C21H19FN8O. The molecule has 1 atom stereocenters. The molecule has 0 unspecified atom stereocenters. The minimum absolute atomic E-state index is 0.126. The van der Waals surface area contributed by atoms with E-state index in [-0.39, 0.29) is 23.5 Å². The molecule has 0 saturated carbocycles. The second-order valence-corrected chi connectivity index (χ2v) is 7.53. The molecule has 0 aliphatic carbocycles. The van der Waals surface area contributed by atoms with Crippen molar-refractivity contribution in [3.05, 3.63) is 65.5 Å². The van der Waals surface area contributed by atoms with Gasteiger partial charge >= 0.3 is 0 Å². The third-order valence-corrected chi connectivity index (χ3v) is 5.15. The molecule has 5 rings (SSSR count). The van der Waals surface area contributed by atoms with E-state index in [4.69, 9.17) is 4.74 Å². The summed E-state index contributed by atoms with van der Waals surface area (Å²) in [4.78, 5) is 18.5. The van der Waals surface area contributed by atoms with Gasteiger partial charge in [-0.3, -0.25) is 0 Å². The second kappa shape index (κ2) is 7.36. The lowest BCUT2D eigenvalue weighted by Crippen LogP contribution is -2.37. The molecule has 9 nitrogen and oxygen atoms in total. The highest BCUT2D eigenvalue weighted by Crippen LogP contribution is 2.36. The van der Waals surface area contributed by atoms with Crippen LogP contribution in [-0.2, 0) is 6.42 Å². The van der Waals surface area contributed by atoms with Crippen molar-refractivity contribution in [1.82, 2.24) is 29.5 Å². The maximum absolute atomic E-state index is 14.3. The van der Waals surface area contributed by atoms with E-state index in [1.54, 1.807) is 30.9 Å². The van der Waals surface area contributed by atoms with Crippen LogP contribution in [0.5, 0.6) is 5.88 Å². The molecule has 1 aliphatic heterocycles. The highest BCUT2D eigenvalue weighted by Gasteiger charge is 2.34. The SMILES string of the molecule is CC(C)Oc1nc(N2CCc3[nH]cnc3[C@@H]2c2cc3c(F)cccn3n2)cnc1C#N. The van der Waals surface area contributed by atoms with E-state index < -0.39 is 6.04 Å². The number of ether oxygens (including phenoxy) is 1. The molecule has 156 valence electrons. The molecule has 4 aromatic rings. The van der Waals surface area contributed by atoms with E-state index >= 15 is 0 Å². The maximum atomic E-state index is 14.3. The van der Waals surface area contributed by atoms with Crippen LogP contribution in [0.3, 0.4) is 0 Å². The Morgan fingerprint density at radius 2 is 2.23 bits per heavy atom. The number of hydrogen-bond donors (Lipinski definition) is 1. The van der Waals surface area contributed by atoms with Crippen LogP contribution in [0, 0.1) is 17.1 Å². The van der Waals surface area contributed by atoms with Crippen molar-refractivity contribution in [3.63, 3.8) is 0 Å². The van der Waals surface area contributed by atoms with Crippen molar-refractivity contribution in [2.75, 3.05) is 11.4 Å². The molecule has 0 spiro atoms. The highest BCUT2D eigenvalue weighted by atomic mass is 19.1. The standard InChI is InChI=1S/C21H19FN8O/c1-12(2)31-21-16(9-23)24-10-18(27-21)29-7-5-14-19(26-11-25-14)20(29)15-8-17-13(22)4-3-6-30(17)28-15/h3-4,6,8,10-12,20H,5,7H2,1-2H3,(H,25,26)/t20-/m0/s1. The van der Waals surface area contributed by atoms with Crippen LogP contribution in [0.25, 0.3) is 5.52 Å². The fourth-order valence-corrected chi connectivity index (χ4v) is 3.84. The number of H-pyrrole nitrogens is 1. The summed E-state index contributed by atoms with van der Waals surface area (Å²) in [5.41, 5.74) is 2.94. The van der Waals surface area contributed by atoms with Crippen molar-refractivity contribution in [1.29, 1.82) is 5.26 Å². The number of nitrogens with zero attached hydrogens (tertiary/aromatic N) is 7. The number of hydrogen-bond acceptors (Lipinski definition) is 7. The van der Waals surface area contributed by atoms with Crippen molar-refractivity contribution in [2.24, 2.45) is 0 Å². The predicted molar refractivity (Wildman–Crippen MR) is 109 cm³/mol. The van der Waals surface area contributed by atoms with Crippen LogP contribution < -0.4 is 9.64 Å². The summed E-state index contributed by atoms with van der Waals surface area (Å²) < 4.78 is 21.5. The fraction of sp³-hybridized carbons (Fsp3) is 0.286. The van der Waals surface area contributed by atoms with E-state index in [1.807, 2.05) is 24.8 Å². The fourth-order valence-electron chi connectivity index (χ4n) is 3.84. The lowest BCUT2D eigenvalue weighted by Gasteiger charge is -2.34. The average molecular weight is 418 g/mol. The van der Waals surface area contributed by atoms with Gasteiger partial charge in [0.15, 0.2) is 5.82 Å². The Morgan fingerprint density at radius 1 is 1.35 bits per heavy atom. The van der Waals surface area contributed by atoms with E-state index in [0.29, 0.717) is 23.6 Å².